The van der Waals surface area contributed by atoms with Gasteiger partial charge >= 0.3 is 0 Å². The maximum atomic E-state index is 10.5. The van der Waals surface area contributed by atoms with Crippen molar-refractivity contribution >= 4 is 6.29 Å². The molecule has 0 aliphatic rings. The van der Waals surface area contributed by atoms with Crippen LogP contribution in [0.5, 0.6) is 0 Å². The summed E-state index contributed by atoms with van der Waals surface area (Å²) in [7, 11) is 0. The van der Waals surface area contributed by atoms with E-state index >= 15 is 0 Å². The second-order valence-electron chi connectivity index (χ2n) is 4.22. The van der Waals surface area contributed by atoms with E-state index in [0.29, 0.717) is 11.5 Å². The van der Waals surface area contributed by atoms with Crippen LogP contribution in [0.4, 0.5) is 0 Å². The Kier molecular flexibility index (Phi) is 3.28. The Bertz CT molecular complexity index is 501. The van der Waals surface area contributed by atoms with Crippen LogP contribution in [0.25, 0.3) is 11.1 Å². The number of nitrogens with zero attached hydrogens (tertiary/aromatic N) is 2. The van der Waals surface area contributed by atoms with Gasteiger partial charge < -0.3 is 0 Å². The SMILES string of the molecule is CC(C)c1ncc(-c2ccc(C=O)cc2)cn1. The van der Waals surface area contributed by atoms with Crippen LogP contribution in [0.15, 0.2) is 36.7 Å². The zero-order valence-electron chi connectivity index (χ0n) is 9.92. The van der Waals surface area contributed by atoms with Crippen molar-refractivity contribution in [2.24, 2.45) is 0 Å². The fourth-order valence-electron chi connectivity index (χ4n) is 1.54. The van der Waals surface area contributed by atoms with Crippen molar-refractivity contribution in [2.45, 2.75) is 19.8 Å². The Morgan fingerprint density at radius 1 is 1.00 bits per heavy atom. The number of hydrogen-bond acceptors (Lipinski definition) is 3. The largest absolute Gasteiger partial charge is 0.298 e. The summed E-state index contributed by atoms with van der Waals surface area (Å²) in [6.07, 6.45) is 4.47. The van der Waals surface area contributed by atoms with Gasteiger partial charge in [-0.1, -0.05) is 38.1 Å². The lowest BCUT2D eigenvalue weighted by Gasteiger charge is -2.05. The highest BCUT2D eigenvalue weighted by atomic mass is 16.1. The maximum Gasteiger partial charge on any atom is 0.150 e. The van der Waals surface area contributed by atoms with Gasteiger partial charge in [0.05, 0.1) is 0 Å². The standard InChI is InChI=1S/C14H14N2O/c1-10(2)14-15-7-13(8-16-14)12-5-3-11(9-17)4-6-12/h3-10H,1-2H3. The number of carbonyl (C=O) groups is 1. The van der Waals surface area contributed by atoms with Crippen LogP contribution >= 0.6 is 0 Å². The first-order chi connectivity index (χ1) is 8.20. The minimum absolute atomic E-state index is 0.335. The van der Waals surface area contributed by atoms with Crippen molar-refractivity contribution < 1.29 is 4.79 Å². The molecule has 86 valence electrons. The molecule has 1 aromatic heterocycles. The predicted molar refractivity (Wildman–Crippen MR) is 66.9 cm³/mol. The van der Waals surface area contributed by atoms with E-state index in [1.807, 2.05) is 24.5 Å². The third-order valence-corrected chi connectivity index (χ3v) is 2.57. The zero-order valence-corrected chi connectivity index (χ0v) is 9.92. The van der Waals surface area contributed by atoms with E-state index in [0.717, 1.165) is 23.2 Å². The van der Waals surface area contributed by atoms with Gasteiger partial charge in [0.2, 0.25) is 0 Å². The monoisotopic (exact) mass is 226 g/mol. The first kappa shape index (κ1) is 11.5. The highest BCUT2D eigenvalue weighted by Gasteiger charge is 2.03. The maximum absolute atomic E-state index is 10.5. The van der Waals surface area contributed by atoms with Crippen LogP contribution in [-0.4, -0.2) is 16.3 Å². The first-order valence-corrected chi connectivity index (χ1v) is 5.58. The van der Waals surface area contributed by atoms with E-state index in [1.165, 1.54) is 0 Å². The summed E-state index contributed by atoms with van der Waals surface area (Å²) in [5, 5.41) is 0. The summed E-state index contributed by atoms with van der Waals surface area (Å²) in [5.74, 6) is 1.18. The average Bonchev–Trinajstić information content (AvgIpc) is 2.39. The van der Waals surface area contributed by atoms with Gasteiger partial charge in [-0.3, -0.25) is 4.79 Å². The van der Waals surface area contributed by atoms with Gasteiger partial charge in [-0.15, -0.1) is 0 Å². The van der Waals surface area contributed by atoms with E-state index in [9.17, 15) is 4.79 Å². The molecule has 2 rings (SSSR count). The molecule has 17 heavy (non-hydrogen) atoms. The Labute approximate surface area is 101 Å². The summed E-state index contributed by atoms with van der Waals surface area (Å²) >= 11 is 0. The molecule has 0 N–H and O–H groups in total. The van der Waals surface area contributed by atoms with Gasteiger partial charge in [-0.05, 0) is 5.56 Å². The molecule has 0 aliphatic carbocycles. The molecule has 0 saturated heterocycles. The van der Waals surface area contributed by atoms with Crippen LogP contribution in [0.1, 0.15) is 35.9 Å². The van der Waals surface area contributed by atoms with Crippen LogP contribution in [0.3, 0.4) is 0 Å². The third-order valence-electron chi connectivity index (χ3n) is 2.57. The molecule has 0 fully saturated rings. The van der Waals surface area contributed by atoms with Crippen LogP contribution < -0.4 is 0 Å². The molecule has 1 heterocycles. The van der Waals surface area contributed by atoms with E-state index in [-0.39, 0.29) is 0 Å². The summed E-state index contributed by atoms with van der Waals surface area (Å²) in [5.41, 5.74) is 2.66. The van der Waals surface area contributed by atoms with E-state index in [4.69, 9.17) is 0 Å². The van der Waals surface area contributed by atoms with E-state index in [1.54, 1.807) is 12.1 Å². The number of benzene rings is 1. The lowest BCUT2D eigenvalue weighted by atomic mass is 10.1. The van der Waals surface area contributed by atoms with Crippen LogP contribution in [-0.2, 0) is 0 Å². The van der Waals surface area contributed by atoms with Gasteiger partial charge in [-0.25, -0.2) is 9.97 Å². The number of aromatic nitrogens is 2. The molecular formula is C14H14N2O. The topological polar surface area (TPSA) is 42.9 Å². The summed E-state index contributed by atoms with van der Waals surface area (Å²) in [6.45, 7) is 4.13. The Hall–Kier alpha value is -2.03. The highest BCUT2D eigenvalue weighted by molar-refractivity contribution is 5.76. The summed E-state index contributed by atoms with van der Waals surface area (Å²) in [6, 6.07) is 7.38. The third kappa shape index (κ3) is 2.56. The van der Waals surface area contributed by atoms with Crippen molar-refractivity contribution in [3.63, 3.8) is 0 Å². The quantitative estimate of drug-likeness (QED) is 0.755. The minimum atomic E-state index is 0.335. The second kappa shape index (κ2) is 4.87. The molecule has 0 saturated carbocycles. The molecule has 2 aromatic rings. The fourth-order valence-corrected chi connectivity index (χ4v) is 1.54. The zero-order chi connectivity index (χ0) is 12.3. The number of carbonyl (C=O) groups excluding carboxylic acids is 1. The molecule has 0 atom stereocenters. The van der Waals surface area contributed by atoms with Crippen molar-refractivity contribution in [1.82, 2.24) is 9.97 Å². The minimum Gasteiger partial charge on any atom is -0.298 e. The van der Waals surface area contributed by atoms with Crippen molar-refractivity contribution in [3.8, 4) is 11.1 Å². The van der Waals surface area contributed by atoms with Crippen LogP contribution in [0, 0.1) is 0 Å². The lowest BCUT2D eigenvalue weighted by molar-refractivity contribution is 0.112. The highest BCUT2D eigenvalue weighted by Crippen LogP contribution is 2.19. The number of hydrogen-bond donors (Lipinski definition) is 0. The fraction of sp³-hybridized carbons (Fsp3) is 0.214. The van der Waals surface area contributed by atoms with Crippen molar-refractivity contribution in [2.75, 3.05) is 0 Å². The average molecular weight is 226 g/mol. The Balaban J connectivity index is 2.29. The Morgan fingerprint density at radius 2 is 1.59 bits per heavy atom. The van der Waals surface area contributed by atoms with E-state index < -0.39 is 0 Å². The molecule has 1 aromatic carbocycles. The molecule has 3 nitrogen and oxygen atoms in total. The van der Waals surface area contributed by atoms with Gasteiger partial charge in [0.1, 0.15) is 12.1 Å². The molecule has 0 spiro atoms. The smallest absolute Gasteiger partial charge is 0.150 e. The molecule has 0 aliphatic heterocycles. The second-order valence-corrected chi connectivity index (χ2v) is 4.22. The number of rotatable bonds is 3. The number of aldehydes is 1. The summed E-state index contributed by atoms with van der Waals surface area (Å²) < 4.78 is 0. The van der Waals surface area contributed by atoms with Crippen LogP contribution in [0.2, 0.25) is 0 Å². The molecule has 0 radical (unpaired) electrons. The molecular weight excluding hydrogens is 212 g/mol. The van der Waals surface area contributed by atoms with Gasteiger partial charge in [0.15, 0.2) is 0 Å². The van der Waals surface area contributed by atoms with Gasteiger partial charge in [-0.2, -0.15) is 0 Å². The molecule has 0 bridgehead atoms. The molecule has 0 amide bonds. The Morgan fingerprint density at radius 3 is 2.06 bits per heavy atom. The first-order valence-electron chi connectivity index (χ1n) is 5.58. The normalized spacial score (nSPS) is 10.5. The van der Waals surface area contributed by atoms with Gasteiger partial charge in [0.25, 0.3) is 0 Å². The molecule has 0 unspecified atom stereocenters. The van der Waals surface area contributed by atoms with Gasteiger partial charge in [0, 0.05) is 29.4 Å². The summed E-state index contributed by atoms with van der Waals surface area (Å²) in [4.78, 5) is 19.2. The lowest BCUT2D eigenvalue weighted by Crippen LogP contribution is -1.96. The van der Waals surface area contributed by atoms with E-state index in [2.05, 4.69) is 23.8 Å². The van der Waals surface area contributed by atoms with Crippen molar-refractivity contribution in [1.29, 1.82) is 0 Å². The molecule has 3 heteroatoms. The van der Waals surface area contributed by atoms with Crippen molar-refractivity contribution in [3.05, 3.63) is 48.0 Å². The predicted octanol–water partition coefficient (Wildman–Crippen LogP) is 3.08.